The van der Waals surface area contributed by atoms with Gasteiger partial charge in [0.05, 0.1) is 0 Å². The number of ether oxygens (including phenoxy) is 1. The molecule has 0 bridgehead atoms. The molecule has 2 atom stereocenters. The van der Waals surface area contributed by atoms with E-state index in [0.717, 1.165) is 5.75 Å². The number of rotatable bonds is 0. The van der Waals surface area contributed by atoms with Crippen molar-refractivity contribution in [1.82, 2.24) is 0 Å². The van der Waals surface area contributed by atoms with E-state index < -0.39 is 6.29 Å². The molecule has 0 radical (unpaired) electrons. The molecule has 0 spiro atoms. The molecule has 2 nitrogen and oxygen atoms in total. The van der Waals surface area contributed by atoms with Gasteiger partial charge in [0.15, 0.2) is 6.29 Å². The van der Waals surface area contributed by atoms with E-state index in [0.29, 0.717) is 12.3 Å². The van der Waals surface area contributed by atoms with Crippen molar-refractivity contribution in [2.75, 3.05) is 0 Å². The molecule has 1 aliphatic heterocycles. The van der Waals surface area contributed by atoms with Crippen molar-refractivity contribution in [3.05, 3.63) is 65.7 Å². The fourth-order valence-electron chi connectivity index (χ4n) is 2.09. The van der Waals surface area contributed by atoms with Crippen molar-refractivity contribution >= 4 is 0 Å². The van der Waals surface area contributed by atoms with Gasteiger partial charge in [0, 0.05) is 6.42 Å². The summed E-state index contributed by atoms with van der Waals surface area (Å²) in [5.74, 6) is 1.22. The number of aryl methyl sites for hydroxylation is 1. The molecule has 0 aliphatic carbocycles. The summed E-state index contributed by atoms with van der Waals surface area (Å²) in [5, 5.41) is 9.37. The highest BCUT2D eigenvalue weighted by atomic mass is 16.6. The van der Waals surface area contributed by atoms with E-state index in [2.05, 4.69) is 32.0 Å². The summed E-state index contributed by atoms with van der Waals surface area (Å²) in [7, 11) is 0. The average Bonchev–Trinajstić information content (AvgIpc) is 2.42. The van der Waals surface area contributed by atoms with Crippen LogP contribution < -0.4 is 4.74 Å². The van der Waals surface area contributed by atoms with Gasteiger partial charge in [-0.25, -0.2) is 0 Å². The van der Waals surface area contributed by atoms with Crippen LogP contribution in [0.3, 0.4) is 0 Å². The maximum Gasteiger partial charge on any atom is 0.197 e. The molecule has 3 rings (SSSR count). The number of aliphatic hydroxyl groups is 1. The van der Waals surface area contributed by atoms with Gasteiger partial charge in [0.25, 0.3) is 0 Å². The third-order valence-corrected chi connectivity index (χ3v) is 3.07. The van der Waals surface area contributed by atoms with E-state index in [1.165, 1.54) is 11.1 Å². The first-order valence-corrected chi connectivity index (χ1v) is 6.45. The lowest BCUT2D eigenvalue weighted by Crippen LogP contribution is -2.23. The van der Waals surface area contributed by atoms with Crippen LogP contribution in [0.1, 0.15) is 30.4 Å². The number of benzene rings is 1. The third kappa shape index (κ3) is 3.74. The molecule has 0 fully saturated rings. The van der Waals surface area contributed by atoms with Crippen LogP contribution in [0.25, 0.3) is 0 Å². The van der Waals surface area contributed by atoms with Crippen molar-refractivity contribution in [3.8, 4) is 5.75 Å². The third-order valence-electron chi connectivity index (χ3n) is 3.07. The molecule has 2 heteroatoms. The van der Waals surface area contributed by atoms with E-state index >= 15 is 0 Å². The van der Waals surface area contributed by atoms with E-state index in [-0.39, 0.29) is 0 Å². The van der Waals surface area contributed by atoms with Crippen LogP contribution in [0.2, 0.25) is 0 Å². The first-order valence-electron chi connectivity index (χ1n) is 6.45. The summed E-state index contributed by atoms with van der Waals surface area (Å²) in [6.07, 6.45) is 0.0569. The second-order valence-corrected chi connectivity index (χ2v) is 4.76. The summed E-state index contributed by atoms with van der Waals surface area (Å²) in [5.41, 5.74) is 2.45. The lowest BCUT2D eigenvalue weighted by Gasteiger charge is -2.27. The summed E-state index contributed by atoms with van der Waals surface area (Å²) in [6.45, 7) is 4.18. The van der Waals surface area contributed by atoms with E-state index in [1.54, 1.807) is 0 Å². The molecule has 2 aromatic carbocycles. The second-order valence-electron chi connectivity index (χ2n) is 4.76. The largest absolute Gasteiger partial charge is 0.465 e. The molecule has 0 saturated carbocycles. The van der Waals surface area contributed by atoms with Crippen LogP contribution in [-0.4, -0.2) is 11.4 Å². The van der Waals surface area contributed by atoms with Crippen LogP contribution in [0.4, 0.5) is 0 Å². The molecule has 1 aliphatic rings. The Kier molecular flexibility index (Phi) is 4.43. The highest BCUT2D eigenvalue weighted by Gasteiger charge is 2.23. The Morgan fingerprint density at radius 2 is 1.89 bits per heavy atom. The highest BCUT2D eigenvalue weighted by Crippen LogP contribution is 2.35. The fourth-order valence-corrected chi connectivity index (χ4v) is 2.09. The molecular formula is C17H18O2. The monoisotopic (exact) mass is 254 g/mol. The van der Waals surface area contributed by atoms with Gasteiger partial charge in [-0.1, -0.05) is 48.9 Å². The van der Waals surface area contributed by atoms with Gasteiger partial charge in [-0.05, 0) is 36.6 Å². The Labute approximate surface area is 114 Å². The van der Waals surface area contributed by atoms with Gasteiger partial charge < -0.3 is 9.84 Å². The highest BCUT2D eigenvalue weighted by molar-refractivity contribution is 5.40. The van der Waals surface area contributed by atoms with Gasteiger partial charge in [0.1, 0.15) is 5.75 Å². The normalized spacial score (nSPS) is 20.2. The number of hydrogen-bond acceptors (Lipinski definition) is 2. The maximum atomic E-state index is 9.37. The predicted molar refractivity (Wildman–Crippen MR) is 75.0 cm³/mol. The Morgan fingerprint density at radius 3 is 2.47 bits per heavy atom. The lowest BCUT2D eigenvalue weighted by molar-refractivity contribution is -0.0375. The zero-order chi connectivity index (χ0) is 13.7. The minimum Gasteiger partial charge on any atom is -0.465 e. The first kappa shape index (κ1) is 13.5. The fraction of sp³-hybridized carbons (Fsp3) is 0.294. The summed E-state index contributed by atoms with van der Waals surface area (Å²) < 4.78 is 5.31. The zero-order valence-electron chi connectivity index (χ0n) is 11.3. The summed E-state index contributed by atoms with van der Waals surface area (Å²) >= 11 is 0. The Balaban J connectivity index is 0.000000186. The molecule has 19 heavy (non-hydrogen) atoms. The molecule has 1 heterocycles. The summed E-state index contributed by atoms with van der Waals surface area (Å²) in [4.78, 5) is 0. The Morgan fingerprint density at radius 1 is 1.21 bits per heavy atom. The molecule has 0 saturated heterocycles. The summed E-state index contributed by atoms with van der Waals surface area (Å²) in [6, 6.07) is 19.1. The molecule has 0 amide bonds. The van der Waals surface area contributed by atoms with Gasteiger partial charge in [0.2, 0.25) is 0 Å². The van der Waals surface area contributed by atoms with Gasteiger partial charge >= 0.3 is 0 Å². The Bertz CT molecular complexity index is 481. The maximum absolute atomic E-state index is 9.37. The predicted octanol–water partition coefficient (Wildman–Crippen LogP) is 3.49. The van der Waals surface area contributed by atoms with Crippen LogP contribution >= 0.6 is 0 Å². The standard InChI is InChI=1S/C11H14O2.C6H4/c1-7-3-4-10-9(5-7)8(2)6-11(12)13-10;1-2-4-6-5-3-1/h3-5,8,11-12H,6H2,1-2H3;1-4H. The molecule has 98 valence electrons. The van der Waals surface area contributed by atoms with E-state index in [9.17, 15) is 5.11 Å². The van der Waals surface area contributed by atoms with Crippen molar-refractivity contribution < 1.29 is 9.84 Å². The van der Waals surface area contributed by atoms with Crippen molar-refractivity contribution in [1.29, 1.82) is 0 Å². The molecule has 1 N–H and O–H groups in total. The topological polar surface area (TPSA) is 29.5 Å². The van der Waals surface area contributed by atoms with Gasteiger partial charge in [-0.15, -0.1) is 0 Å². The van der Waals surface area contributed by atoms with Crippen molar-refractivity contribution in [2.24, 2.45) is 0 Å². The smallest absolute Gasteiger partial charge is 0.197 e. The average molecular weight is 254 g/mol. The van der Waals surface area contributed by atoms with Crippen molar-refractivity contribution in [2.45, 2.75) is 32.5 Å². The minimum absolute atomic E-state index is 0.388. The van der Waals surface area contributed by atoms with Crippen molar-refractivity contribution in [3.63, 3.8) is 0 Å². The van der Waals surface area contributed by atoms with Crippen LogP contribution in [-0.2, 0) is 0 Å². The first-order chi connectivity index (χ1) is 9.16. The number of aliphatic hydroxyl groups excluding tert-OH is 1. The number of fused-ring (bicyclic) bond motifs is 1. The molecule has 2 aromatic rings. The van der Waals surface area contributed by atoms with E-state index in [1.807, 2.05) is 36.4 Å². The lowest BCUT2D eigenvalue weighted by atomic mass is 9.93. The van der Waals surface area contributed by atoms with Gasteiger partial charge in [-0.2, -0.15) is 0 Å². The Hall–Kier alpha value is -1.98. The molecular weight excluding hydrogens is 236 g/mol. The second kappa shape index (κ2) is 6.26. The molecule has 2 unspecified atom stereocenters. The van der Waals surface area contributed by atoms with E-state index in [4.69, 9.17) is 4.74 Å². The van der Waals surface area contributed by atoms with Crippen LogP contribution in [0, 0.1) is 19.1 Å². The quantitative estimate of drug-likeness (QED) is 0.780. The van der Waals surface area contributed by atoms with Crippen LogP contribution in [0.5, 0.6) is 5.75 Å². The van der Waals surface area contributed by atoms with Crippen LogP contribution in [0.15, 0.2) is 42.5 Å². The number of hydrogen-bond donors (Lipinski definition) is 1. The minimum atomic E-state index is -0.634. The SMILES string of the molecule is Cc1ccc2c(c1)C(C)CC(O)O2.c1ccccc#1. The molecule has 0 aromatic heterocycles. The zero-order valence-corrected chi connectivity index (χ0v) is 11.3. The van der Waals surface area contributed by atoms with Gasteiger partial charge in [-0.3, -0.25) is 0 Å².